The molecule has 0 fully saturated rings. The minimum absolute atomic E-state index is 0.466. The van der Waals surface area contributed by atoms with Crippen molar-refractivity contribution in [1.29, 1.82) is 0 Å². The molecule has 0 spiro atoms. The first-order valence-electron chi connectivity index (χ1n) is 3.94. The maximum absolute atomic E-state index is 5.48. The first-order valence-corrected chi connectivity index (χ1v) is 4.93. The van der Waals surface area contributed by atoms with Crippen LogP contribution in [0.1, 0.15) is 5.56 Å². The number of hydrazone groups is 1. The molecule has 1 aromatic carbocycles. The van der Waals surface area contributed by atoms with Gasteiger partial charge in [0.1, 0.15) is 5.84 Å². The zero-order valence-electron chi connectivity index (χ0n) is 7.53. The molecule has 3 nitrogen and oxygen atoms in total. The smallest absolute Gasteiger partial charge is 0.129 e. The number of hydrogen-bond donors (Lipinski definition) is 2. The summed E-state index contributed by atoms with van der Waals surface area (Å²) in [7, 11) is 0. The van der Waals surface area contributed by atoms with E-state index in [0.717, 1.165) is 0 Å². The maximum atomic E-state index is 5.48. The molecule has 0 atom stereocenters. The molecule has 0 unspecified atom stereocenters. The van der Waals surface area contributed by atoms with Crippen molar-refractivity contribution in [2.24, 2.45) is 16.7 Å². The van der Waals surface area contributed by atoms with E-state index < -0.39 is 0 Å². The van der Waals surface area contributed by atoms with Gasteiger partial charge in [0.25, 0.3) is 0 Å². The van der Waals surface area contributed by atoms with E-state index in [1.54, 1.807) is 11.8 Å². The Bertz CT molecular complexity index is 309. The van der Waals surface area contributed by atoms with Crippen molar-refractivity contribution < 1.29 is 0 Å². The Hall–Kier alpha value is -1.16. The van der Waals surface area contributed by atoms with Crippen LogP contribution in [0.2, 0.25) is 0 Å². The molecular weight excluding hydrogens is 182 g/mol. The Morgan fingerprint density at radius 2 is 2.15 bits per heavy atom. The lowest BCUT2D eigenvalue weighted by molar-refractivity contribution is 1.22. The number of amidine groups is 1. The predicted octanol–water partition coefficient (Wildman–Crippen LogP) is 1.32. The second kappa shape index (κ2) is 4.77. The van der Waals surface area contributed by atoms with Crippen LogP contribution in [0.5, 0.6) is 0 Å². The van der Waals surface area contributed by atoms with E-state index in [0.29, 0.717) is 11.6 Å². The molecule has 0 amide bonds. The van der Waals surface area contributed by atoms with Gasteiger partial charge in [0.15, 0.2) is 0 Å². The first kappa shape index (κ1) is 9.92. The second-order valence-electron chi connectivity index (χ2n) is 2.67. The molecule has 4 N–H and O–H groups in total. The molecule has 0 bridgehead atoms. The maximum Gasteiger partial charge on any atom is 0.129 e. The summed E-state index contributed by atoms with van der Waals surface area (Å²) in [6, 6.07) is 8.15. The fourth-order valence-corrected chi connectivity index (χ4v) is 1.76. The van der Waals surface area contributed by atoms with Gasteiger partial charge >= 0.3 is 0 Å². The normalized spacial score (nSPS) is 11.6. The van der Waals surface area contributed by atoms with E-state index in [1.807, 2.05) is 12.1 Å². The third kappa shape index (κ3) is 2.99. The van der Waals surface area contributed by atoms with Gasteiger partial charge in [-0.15, -0.1) is 11.8 Å². The summed E-state index contributed by atoms with van der Waals surface area (Å²) in [4.78, 5) is 1.22. The SMILES string of the molecule is Cc1ccccc1SCC(N)=NN. The molecule has 13 heavy (non-hydrogen) atoms. The summed E-state index contributed by atoms with van der Waals surface area (Å²) in [6.45, 7) is 2.07. The van der Waals surface area contributed by atoms with Crippen molar-refractivity contribution in [3.8, 4) is 0 Å². The quantitative estimate of drug-likeness (QED) is 0.251. The third-order valence-electron chi connectivity index (χ3n) is 1.63. The van der Waals surface area contributed by atoms with Gasteiger partial charge < -0.3 is 11.6 Å². The summed E-state index contributed by atoms with van der Waals surface area (Å²) >= 11 is 1.64. The number of nitrogens with two attached hydrogens (primary N) is 2. The van der Waals surface area contributed by atoms with Gasteiger partial charge in [-0.05, 0) is 18.6 Å². The molecule has 0 radical (unpaired) electrons. The topological polar surface area (TPSA) is 64.4 Å². The van der Waals surface area contributed by atoms with Crippen molar-refractivity contribution in [2.75, 3.05) is 5.75 Å². The standard InChI is InChI=1S/C9H13N3S/c1-7-4-2-3-5-8(7)13-6-9(10)12-11/h2-5H,6,11H2,1H3,(H2,10,12). The fourth-order valence-electron chi connectivity index (χ4n) is 0.907. The van der Waals surface area contributed by atoms with Crippen LogP contribution in [0.25, 0.3) is 0 Å². The Morgan fingerprint density at radius 1 is 1.46 bits per heavy atom. The predicted molar refractivity (Wildman–Crippen MR) is 57.7 cm³/mol. The van der Waals surface area contributed by atoms with E-state index in [9.17, 15) is 0 Å². The van der Waals surface area contributed by atoms with Crippen LogP contribution in [0.4, 0.5) is 0 Å². The zero-order valence-corrected chi connectivity index (χ0v) is 8.34. The zero-order chi connectivity index (χ0) is 9.68. The van der Waals surface area contributed by atoms with Crippen LogP contribution in [0.3, 0.4) is 0 Å². The summed E-state index contributed by atoms with van der Waals surface area (Å²) < 4.78 is 0. The molecule has 1 aromatic rings. The van der Waals surface area contributed by atoms with Gasteiger partial charge in [-0.25, -0.2) is 0 Å². The lowest BCUT2D eigenvalue weighted by Gasteiger charge is -2.03. The molecule has 70 valence electrons. The average molecular weight is 195 g/mol. The first-order chi connectivity index (χ1) is 6.24. The van der Waals surface area contributed by atoms with E-state index in [1.165, 1.54) is 10.5 Å². The molecule has 0 aliphatic carbocycles. The number of benzene rings is 1. The molecule has 1 rings (SSSR count). The summed E-state index contributed by atoms with van der Waals surface area (Å²) in [6.07, 6.45) is 0. The van der Waals surface area contributed by atoms with Gasteiger partial charge in [0.05, 0.1) is 5.75 Å². The lowest BCUT2D eigenvalue weighted by atomic mass is 10.2. The highest BCUT2D eigenvalue weighted by molar-refractivity contribution is 8.00. The lowest BCUT2D eigenvalue weighted by Crippen LogP contribution is -2.16. The fraction of sp³-hybridized carbons (Fsp3) is 0.222. The van der Waals surface area contributed by atoms with E-state index >= 15 is 0 Å². The van der Waals surface area contributed by atoms with Gasteiger partial charge in [-0.3, -0.25) is 0 Å². The highest BCUT2D eigenvalue weighted by Crippen LogP contribution is 2.20. The Balaban J connectivity index is 2.60. The largest absolute Gasteiger partial charge is 0.385 e. The molecule has 0 saturated carbocycles. The van der Waals surface area contributed by atoms with Crippen LogP contribution in [0, 0.1) is 6.92 Å². The number of rotatable bonds is 3. The second-order valence-corrected chi connectivity index (χ2v) is 3.69. The van der Waals surface area contributed by atoms with Crippen molar-refractivity contribution in [3.63, 3.8) is 0 Å². The third-order valence-corrected chi connectivity index (χ3v) is 2.84. The van der Waals surface area contributed by atoms with Crippen LogP contribution in [-0.4, -0.2) is 11.6 Å². The van der Waals surface area contributed by atoms with Crippen LogP contribution >= 0.6 is 11.8 Å². The highest BCUT2D eigenvalue weighted by atomic mass is 32.2. The Kier molecular flexibility index (Phi) is 3.64. The van der Waals surface area contributed by atoms with Crippen LogP contribution < -0.4 is 11.6 Å². The van der Waals surface area contributed by atoms with E-state index in [-0.39, 0.29) is 0 Å². The van der Waals surface area contributed by atoms with Gasteiger partial charge in [0.2, 0.25) is 0 Å². The molecule has 0 saturated heterocycles. The van der Waals surface area contributed by atoms with Gasteiger partial charge in [-0.2, -0.15) is 5.10 Å². The number of aryl methyl sites for hydroxylation is 1. The minimum Gasteiger partial charge on any atom is -0.385 e. The summed E-state index contributed by atoms with van der Waals surface area (Å²) in [5.74, 6) is 6.13. The summed E-state index contributed by atoms with van der Waals surface area (Å²) in [5, 5.41) is 3.41. The summed E-state index contributed by atoms with van der Waals surface area (Å²) in [5.41, 5.74) is 6.72. The van der Waals surface area contributed by atoms with Crippen LogP contribution in [0.15, 0.2) is 34.3 Å². The van der Waals surface area contributed by atoms with E-state index in [4.69, 9.17) is 11.6 Å². The average Bonchev–Trinajstić information content (AvgIpc) is 2.16. The monoisotopic (exact) mass is 195 g/mol. The van der Waals surface area contributed by atoms with Crippen LogP contribution in [-0.2, 0) is 0 Å². The Labute approximate surface area is 82.2 Å². The molecule has 0 aromatic heterocycles. The van der Waals surface area contributed by atoms with Crippen molar-refractivity contribution in [1.82, 2.24) is 0 Å². The molecule has 0 aliphatic heterocycles. The molecule has 0 heterocycles. The van der Waals surface area contributed by atoms with Gasteiger partial charge in [0, 0.05) is 4.90 Å². The van der Waals surface area contributed by atoms with Crippen molar-refractivity contribution >= 4 is 17.6 Å². The number of hydrogen-bond acceptors (Lipinski definition) is 3. The Morgan fingerprint density at radius 3 is 2.77 bits per heavy atom. The van der Waals surface area contributed by atoms with Crippen molar-refractivity contribution in [3.05, 3.63) is 29.8 Å². The molecular formula is C9H13N3S. The number of thioether (sulfide) groups is 1. The minimum atomic E-state index is 0.466. The van der Waals surface area contributed by atoms with Gasteiger partial charge in [-0.1, -0.05) is 18.2 Å². The van der Waals surface area contributed by atoms with Crippen molar-refractivity contribution in [2.45, 2.75) is 11.8 Å². The number of nitrogens with zero attached hydrogens (tertiary/aromatic N) is 1. The highest BCUT2D eigenvalue weighted by Gasteiger charge is 1.98. The molecule has 4 heteroatoms. The van der Waals surface area contributed by atoms with E-state index in [2.05, 4.69) is 24.2 Å². The molecule has 0 aliphatic rings.